The summed E-state index contributed by atoms with van der Waals surface area (Å²) in [6.07, 6.45) is 8.57. The SMILES string of the molecule is Cc1cc2ccc(C34C=CCC(CC3)N4C)cc2[nH]1. The van der Waals surface area contributed by atoms with E-state index >= 15 is 0 Å². The zero-order valence-corrected chi connectivity index (χ0v) is 11.6. The topological polar surface area (TPSA) is 19.0 Å². The Labute approximate surface area is 114 Å². The minimum absolute atomic E-state index is 0.135. The van der Waals surface area contributed by atoms with Crippen molar-refractivity contribution >= 4 is 10.9 Å². The predicted molar refractivity (Wildman–Crippen MR) is 79.3 cm³/mol. The zero-order valence-electron chi connectivity index (χ0n) is 11.6. The first kappa shape index (κ1) is 11.3. The Morgan fingerprint density at radius 1 is 1.32 bits per heavy atom. The highest BCUT2D eigenvalue weighted by atomic mass is 15.2. The van der Waals surface area contributed by atoms with E-state index in [-0.39, 0.29) is 5.54 Å². The molecule has 2 bridgehead atoms. The number of aryl methyl sites for hydroxylation is 1. The lowest BCUT2D eigenvalue weighted by atomic mass is 9.86. The third-order valence-electron chi connectivity index (χ3n) is 5.09. The maximum Gasteiger partial charge on any atom is 0.0646 e. The van der Waals surface area contributed by atoms with Gasteiger partial charge in [0.1, 0.15) is 0 Å². The van der Waals surface area contributed by atoms with Gasteiger partial charge in [-0.05, 0) is 56.3 Å². The van der Waals surface area contributed by atoms with Crippen LogP contribution in [-0.2, 0) is 5.54 Å². The molecule has 2 nitrogen and oxygen atoms in total. The van der Waals surface area contributed by atoms with Gasteiger partial charge in [-0.15, -0.1) is 0 Å². The second-order valence-corrected chi connectivity index (χ2v) is 6.12. The monoisotopic (exact) mass is 252 g/mol. The number of nitrogens with one attached hydrogen (secondary N) is 1. The number of likely N-dealkylation sites (N-methyl/N-ethyl adjacent to an activating group) is 1. The molecule has 0 saturated carbocycles. The molecule has 19 heavy (non-hydrogen) atoms. The number of nitrogens with zero attached hydrogens (tertiary/aromatic N) is 1. The van der Waals surface area contributed by atoms with Crippen molar-refractivity contribution in [3.63, 3.8) is 0 Å². The lowest BCUT2D eigenvalue weighted by Gasteiger charge is -2.39. The first-order valence-electron chi connectivity index (χ1n) is 7.19. The Bertz CT molecular complexity index is 667. The van der Waals surface area contributed by atoms with Gasteiger partial charge in [0.05, 0.1) is 5.54 Å². The van der Waals surface area contributed by atoms with Crippen LogP contribution in [0.25, 0.3) is 10.9 Å². The Kier molecular flexibility index (Phi) is 2.22. The van der Waals surface area contributed by atoms with Crippen molar-refractivity contribution in [3.05, 3.63) is 47.7 Å². The molecule has 1 N–H and O–H groups in total. The molecular formula is C17H20N2. The number of rotatable bonds is 1. The Hall–Kier alpha value is -1.54. The summed E-state index contributed by atoms with van der Waals surface area (Å²) in [4.78, 5) is 6.04. The highest BCUT2D eigenvalue weighted by Crippen LogP contribution is 2.46. The summed E-state index contributed by atoms with van der Waals surface area (Å²) < 4.78 is 0. The minimum atomic E-state index is 0.135. The molecule has 0 aliphatic carbocycles. The molecule has 2 aliphatic rings. The Morgan fingerprint density at radius 3 is 3.11 bits per heavy atom. The van der Waals surface area contributed by atoms with Gasteiger partial charge in [-0.2, -0.15) is 0 Å². The number of aromatic nitrogens is 1. The van der Waals surface area contributed by atoms with Crippen molar-refractivity contribution in [1.82, 2.24) is 9.88 Å². The maximum atomic E-state index is 3.47. The minimum Gasteiger partial charge on any atom is -0.359 e. The highest BCUT2D eigenvalue weighted by Gasteiger charge is 2.45. The first-order chi connectivity index (χ1) is 9.19. The van der Waals surface area contributed by atoms with Crippen LogP contribution in [0, 0.1) is 6.92 Å². The van der Waals surface area contributed by atoms with Crippen LogP contribution in [0.3, 0.4) is 0 Å². The van der Waals surface area contributed by atoms with Gasteiger partial charge in [-0.3, -0.25) is 4.90 Å². The molecule has 2 atom stereocenters. The van der Waals surface area contributed by atoms with Crippen LogP contribution in [0.15, 0.2) is 36.4 Å². The normalized spacial score (nSPS) is 30.3. The van der Waals surface area contributed by atoms with Gasteiger partial charge < -0.3 is 4.98 Å². The van der Waals surface area contributed by atoms with Gasteiger partial charge in [-0.25, -0.2) is 0 Å². The zero-order chi connectivity index (χ0) is 13.0. The van der Waals surface area contributed by atoms with E-state index in [2.05, 4.69) is 60.3 Å². The molecule has 4 rings (SSSR count). The highest BCUT2D eigenvalue weighted by molar-refractivity contribution is 5.81. The van der Waals surface area contributed by atoms with E-state index in [1.807, 2.05) is 0 Å². The Morgan fingerprint density at radius 2 is 2.21 bits per heavy atom. The third-order valence-corrected chi connectivity index (χ3v) is 5.09. The summed E-state index contributed by atoms with van der Waals surface area (Å²) in [5.41, 5.74) is 4.07. The number of aromatic amines is 1. The van der Waals surface area contributed by atoms with Gasteiger partial charge in [-0.1, -0.05) is 24.3 Å². The van der Waals surface area contributed by atoms with Crippen molar-refractivity contribution in [2.24, 2.45) is 0 Å². The first-order valence-corrected chi connectivity index (χ1v) is 7.19. The van der Waals surface area contributed by atoms with Crippen molar-refractivity contribution < 1.29 is 0 Å². The average Bonchev–Trinajstić information content (AvgIpc) is 2.82. The van der Waals surface area contributed by atoms with Crippen LogP contribution in [0.5, 0.6) is 0 Å². The third kappa shape index (κ3) is 1.47. The summed E-state index contributed by atoms with van der Waals surface area (Å²) in [5.74, 6) is 0. The maximum absolute atomic E-state index is 3.47. The number of H-pyrrole nitrogens is 1. The molecule has 3 heterocycles. The van der Waals surface area contributed by atoms with Crippen LogP contribution in [0.2, 0.25) is 0 Å². The van der Waals surface area contributed by atoms with E-state index in [4.69, 9.17) is 0 Å². The van der Waals surface area contributed by atoms with Crippen molar-refractivity contribution in [1.29, 1.82) is 0 Å². The smallest absolute Gasteiger partial charge is 0.0646 e. The van der Waals surface area contributed by atoms with Gasteiger partial charge in [0, 0.05) is 17.3 Å². The molecule has 2 unspecified atom stereocenters. The molecule has 0 spiro atoms. The van der Waals surface area contributed by atoms with Crippen LogP contribution in [0.1, 0.15) is 30.5 Å². The molecular weight excluding hydrogens is 232 g/mol. The molecule has 0 radical (unpaired) electrons. The molecule has 2 aromatic rings. The van der Waals surface area contributed by atoms with E-state index < -0.39 is 0 Å². The molecule has 98 valence electrons. The van der Waals surface area contributed by atoms with Crippen LogP contribution >= 0.6 is 0 Å². The molecule has 1 aromatic heterocycles. The van der Waals surface area contributed by atoms with E-state index in [9.17, 15) is 0 Å². The standard InChI is InChI=1S/C17H20N2/c1-12-10-13-5-6-14(11-16(13)18-12)17-8-3-4-15(7-9-17)19(17)2/h3,5-6,8,10-11,15,18H,4,7,9H2,1-2H3. The molecule has 0 amide bonds. The lowest BCUT2D eigenvalue weighted by molar-refractivity contribution is 0.168. The summed E-state index contributed by atoms with van der Waals surface area (Å²) in [6, 6.07) is 9.86. The fourth-order valence-electron chi connectivity index (χ4n) is 3.97. The van der Waals surface area contributed by atoms with Gasteiger partial charge in [0.2, 0.25) is 0 Å². The molecule has 2 aliphatic heterocycles. The van der Waals surface area contributed by atoms with Crippen molar-refractivity contribution in [3.8, 4) is 0 Å². The quantitative estimate of drug-likeness (QED) is 0.766. The summed E-state index contributed by atoms with van der Waals surface area (Å²) >= 11 is 0. The number of fused-ring (bicyclic) bond motifs is 3. The van der Waals surface area contributed by atoms with Crippen LogP contribution in [-0.4, -0.2) is 23.0 Å². The van der Waals surface area contributed by atoms with Crippen LogP contribution in [0.4, 0.5) is 0 Å². The summed E-state index contributed by atoms with van der Waals surface area (Å²) in [7, 11) is 2.28. The van der Waals surface area contributed by atoms with Crippen molar-refractivity contribution in [2.75, 3.05) is 7.05 Å². The van der Waals surface area contributed by atoms with E-state index in [1.54, 1.807) is 0 Å². The summed E-state index contributed by atoms with van der Waals surface area (Å²) in [6.45, 7) is 2.12. The predicted octanol–water partition coefficient (Wildman–Crippen LogP) is 3.73. The van der Waals surface area contributed by atoms with Gasteiger partial charge in [0.25, 0.3) is 0 Å². The number of benzene rings is 1. The number of hydrogen-bond acceptors (Lipinski definition) is 1. The van der Waals surface area contributed by atoms with E-state index in [0.717, 1.165) is 6.04 Å². The Balaban J connectivity index is 1.89. The van der Waals surface area contributed by atoms with E-state index in [0.29, 0.717) is 0 Å². The van der Waals surface area contributed by atoms with Gasteiger partial charge in [0.15, 0.2) is 0 Å². The molecule has 1 fully saturated rings. The lowest BCUT2D eigenvalue weighted by Crippen LogP contribution is -2.42. The largest absolute Gasteiger partial charge is 0.359 e. The molecule has 1 saturated heterocycles. The second-order valence-electron chi connectivity index (χ2n) is 6.12. The average molecular weight is 252 g/mol. The van der Waals surface area contributed by atoms with Crippen LogP contribution < -0.4 is 0 Å². The summed E-state index contributed by atoms with van der Waals surface area (Å²) in [5, 5.41) is 1.31. The van der Waals surface area contributed by atoms with E-state index in [1.165, 1.54) is 41.4 Å². The fourth-order valence-corrected chi connectivity index (χ4v) is 3.97. The van der Waals surface area contributed by atoms with Gasteiger partial charge >= 0.3 is 0 Å². The van der Waals surface area contributed by atoms with Crippen molar-refractivity contribution in [2.45, 2.75) is 37.8 Å². The molecule has 2 heteroatoms. The second kappa shape index (κ2) is 3.73. The molecule has 1 aromatic carbocycles. The fraction of sp³-hybridized carbons (Fsp3) is 0.412. The number of hydrogen-bond donors (Lipinski definition) is 1.